The van der Waals surface area contributed by atoms with Gasteiger partial charge >= 0.3 is 0 Å². The highest BCUT2D eigenvalue weighted by atomic mass is 16.1. The van der Waals surface area contributed by atoms with E-state index in [0.717, 1.165) is 24.8 Å². The van der Waals surface area contributed by atoms with Gasteiger partial charge in [0.05, 0.1) is 11.6 Å². The van der Waals surface area contributed by atoms with Gasteiger partial charge in [-0.1, -0.05) is 0 Å². The van der Waals surface area contributed by atoms with Crippen LogP contribution in [0.25, 0.3) is 11.0 Å². The van der Waals surface area contributed by atoms with Gasteiger partial charge in [0.1, 0.15) is 11.9 Å². The van der Waals surface area contributed by atoms with E-state index in [0.29, 0.717) is 17.4 Å². The quantitative estimate of drug-likeness (QED) is 0.708. The molecule has 1 atom stereocenters. The molecule has 1 fully saturated rings. The molecule has 1 saturated heterocycles. The van der Waals surface area contributed by atoms with E-state index in [4.69, 9.17) is 5.73 Å². The molecule has 1 aliphatic heterocycles. The molecule has 0 aromatic carbocycles. The van der Waals surface area contributed by atoms with Crippen LogP contribution >= 0.6 is 0 Å². The molecule has 0 radical (unpaired) electrons. The Bertz CT molecular complexity index is 623. The monoisotopic (exact) mass is 261 g/mol. The summed E-state index contributed by atoms with van der Waals surface area (Å²) in [7, 11) is 1.75. The summed E-state index contributed by atoms with van der Waals surface area (Å²) in [6.45, 7) is 0.758. The molecule has 8 heteroatoms. The van der Waals surface area contributed by atoms with Crippen molar-refractivity contribution >= 4 is 28.7 Å². The van der Waals surface area contributed by atoms with E-state index in [2.05, 4.69) is 25.5 Å². The number of nitrogens with zero attached hydrogens (tertiary/aromatic N) is 4. The summed E-state index contributed by atoms with van der Waals surface area (Å²) >= 11 is 0. The topological polar surface area (TPSA) is 113 Å². The van der Waals surface area contributed by atoms with Crippen molar-refractivity contribution in [3.63, 3.8) is 0 Å². The van der Waals surface area contributed by atoms with E-state index >= 15 is 0 Å². The molecular formula is C11H15N7O. The summed E-state index contributed by atoms with van der Waals surface area (Å²) in [5.41, 5.74) is 6.10. The molecule has 3 heterocycles. The summed E-state index contributed by atoms with van der Waals surface area (Å²) in [6.07, 6.45) is 3.35. The second-order valence-electron chi connectivity index (χ2n) is 4.51. The molecule has 100 valence electrons. The number of nitrogens with one attached hydrogen (secondary N) is 2. The molecule has 1 amide bonds. The maximum atomic E-state index is 11.5. The molecule has 2 aromatic heterocycles. The Balaban J connectivity index is 2.12. The van der Waals surface area contributed by atoms with Crippen molar-refractivity contribution in [2.75, 3.05) is 23.8 Å². The highest BCUT2D eigenvalue weighted by Gasteiger charge is 2.31. The van der Waals surface area contributed by atoms with Crippen LogP contribution in [0.15, 0.2) is 6.20 Å². The number of carbonyl (C=O) groups is 1. The average Bonchev–Trinajstić information content (AvgIpc) is 3.05. The first-order chi connectivity index (χ1) is 9.20. The molecule has 8 nitrogen and oxygen atoms in total. The smallest absolute Gasteiger partial charge is 0.240 e. The van der Waals surface area contributed by atoms with Gasteiger partial charge in [-0.05, 0) is 12.8 Å². The van der Waals surface area contributed by atoms with E-state index in [1.54, 1.807) is 13.2 Å². The number of aromatic amines is 1. The van der Waals surface area contributed by atoms with E-state index < -0.39 is 0 Å². The number of anilines is 2. The zero-order valence-corrected chi connectivity index (χ0v) is 10.6. The Morgan fingerprint density at radius 1 is 1.58 bits per heavy atom. The number of primary amides is 1. The second-order valence-corrected chi connectivity index (χ2v) is 4.51. The zero-order valence-electron chi connectivity index (χ0n) is 10.6. The number of carbonyl (C=O) groups excluding carboxylic acids is 1. The lowest BCUT2D eigenvalue weighted by atomic mass is 10.2. The summed E-state index contributed by atoms with van der Waals surface area (Å²) in [4.78, 5) is 22.2. The normalized spacial score (nSPS) is 19.0. The van der Waals surface area contributed by atoms with Crippen LogP contribution in [0.1, 0.15) is 12.8 Å². The van der Waals surface area contributed by atoms with E-state index in [9.17, 15) is 4.79 Å². The van der Waals surface area contributed by atoms with Crippen LogP contribution in [-0.2, 0) is 4.79 Å². The van der Waals surface area contributed by atoms with Crippen molar-refractivity contribution in [1.29, 1.82) is 0 Å². The van der Waals surface area contributed by atoms with Gasteiger partial charge in [-0.15, -0.1) is 0 Å². The van der Waals surface area contributed by atoms with Gasteiger partial charge in [-0.3, -0.25) is 9.89 Å². The molecule has 1 unspecified atom stereocenters. The predicted octanol–water partition coefficient (Wildman–Crippen LogP) is -0.151. The zero-order chi connectivity index (χ0) is 13.4. The number of rotatable bonds is 3. The minimum atomic E-state index is -0.321. The van der Waals surface area contributed by atoms with Gasteiger partial charge in [-0.25, -0.2) is 0 Å². The average molecular weight is 261 g/mol. The number of aromatic nitrogens is 4. The lowest BCUT2D eigenvalue weighted by Crippen LogP contribution is -2.40. The Morgan fingerprint density at radius 2 is 2.42 bits per heavy atom. The largest absolute Gasteiger partial charge is 0.368 e. The molecule has 4 N–H and O–H groups in total. The predicted molar refractivity (Wildman–Crippen MR) is 70.8 cm³/mol. The van der Waals surface area contributed by atoms with Gasteiger partial charge in [0.15, 0.2) is 5.65 Å². The lowest BCUT2D eigenvalue weighted by molar-refractivity contribution is -0.119. The van der Waals surface area contributed by atoms with Crippen molar-refractivity contribution in [2.45, 2.75) is 18.9 Å². The first-order valence-corrected chi connectivity index (χ1v) is 6.15. The van der Waals surface area contributed by atoms with Gasteiger partial charge in [0, 0.05) is 13.6 Å². The van der Waals surface area contributed by atoms with Crippen LogP contribution in [0, 0.1) is 0 Å². The molecule has 0 spiro atoms. The van der Waals surface area contributed by atoms with E-state index in [1.807, 2.05) is 4.90 Å². The molecule has 19 heavy (non-hydrogen) atoms. The SMILES string of the molecule is CNc1nc(N2CCCC2C(N)=O)c2cn[nH]c2n1. The van der Waals surface area contributed by atoms with Crippen LogP contribution < -0.4 is 16.0 Å². The Kier molecular flexibility index (Phi) is 2.69. The maximum Gasteiger partial charge on any atom is 0.240 e. The third-order valence-electron chi connectivity index (χ3n) is 3.37. The number of hydrogen-bond acceptors (Lipinski definition) is 6. The van der Waals surface area contributed by atoms with Crippen molar-refractivity contribution in [2.24, 2.45) is 5.73 Å². The van der Waals surface area contributed by atoms with Gasteiger partial charge in [0.2, 0.25) is 11.9 Å². The van der Waals surface area contributed by atoms with Crippen molar-refractivity contribution < 1.29 is 4.79 Å². The Hall–Kier alpha value is -2.38. The van der Waals surface area contributed by atoms with E-state index in [1.165, 1.54) is 0 Å². The van der Waals surface area contributed by atoms with Crippen molar-refractivity contribution in [3.8, 4) is 0 Å². The van der Waals surface area contributed by atoms with Gasteiger partial charge in [0.25, 0.3) is 0 Å². The minimum Gasteiger partial charge on any atom is -0.368 e. The van der Waals surface area contributed by atoms with Crippen LogP contribution in [0.4, 0.5) is 11.8 Å². The summed E-state index contributed by atoms with van der Waals surface area (Å²) < 4.78 is 0. The first kappa shape index (κ1) is 11.7. The number of H-pyrrole nitrogens is 1. The molecule has 1 aliphatic rings. The molecule has 0 saturated carbocycles. The van der Waals surface area contributed by atoms with Crippen molar-refractivity contribution in [3.05, 3.63) is 6.20 Å². The number of nitrogens with two attached hydrogens (primary N) is 1. The summed E-state index contributed by atoms with van der Waals surface area (Å²) in [5, 5.41) is 10.5. The van der Waals surface area contributed by atoms with Crippen LogP contribution in [-0.4, -0.2) is 45.7 Å². The summed E-state index contributed by atoms with van der Waals surface area (Å²) in [5.74, 6) is 0.866. The Labute approximate surface area is 109 Å². The number of amides is 1. The fourth-order valence-electron chi connectivity index (χ4n) is 2.47. The summed E-state index contributed by atoms with van der Waals surface area (Å²) in [6, 6.07) is -0.308. The fraction of sp³-hybridized carbons (Fsp3) is 0.455. The third-order valence-corrected chi connectivity index (χ3v) is 3.37. The second kappa shape index (κ2) is 4.38. The Morgan fingerprint density at radius 3 is 3.16 bits per heavy atom. The van der Waals surface area contributed by atoms with Crippen LogP contribution in [0.5, 0.6) is 0 Å². The third kappa shape index (κ3) is 1.85. The molecular weight excluding hydrogens is 246 g/mol. The fourth-order valence-corrected chi connectivity index (χ4v) is 2.47. The molecule has 0 bridgehead atoms. The first-order valence-electron chi connectivity index (χ1n) is 6.15. The highest BCUT2D eigenvalue weighted by molar-refractivity contribution is 5.91. The highest BCUT2D eigenvalue weighted by Crippen LogP contribution is 2.29. The molecule has 0 aliphatic carbocycles. The molecule has 3 rings (SSSR count). The lowest BCUT2D eigenvalue weighted by Gasteiger charge is -2.23. The van der Waals surface area contributed by atoms with Gasteiger partial charge in [-0.2, -0.15) is 15.1 Å². The van der Waals surface area contributed by atoms with Crippen LogP contribution in [0.3, 0.4) is 0 Å². The standard InChI is InChI=1S/C11H15N7O/c1-13-11-15-9-6(5-14-17-9)10(16-11)18-4-2-3-7(18)8(12)19/h5,7H,2-4H2,1H3,(H2,12,19)(H2,13,14,15,16,17). The maximum absolute atomic E-state index is 11.5. The van der Waals surface area contributed by atoms with Gasteiger partial charge < -0.3 is 16.0 Å². The molecule has 2 aromatic rings. The number of hydrogen-bond donors (Lipinski definition) is 3. The number of fused-ring (bicyclic) bond motifs is 1. The minimum absolute atomic E-state index is 0.308. The van der Waals surface area contributed by atoms with E-state index in [-0.39, 0.29) is 11.9 Å². The van der Waals surface area contributed by atoms with Crippen LogP contribution in [0.2, 0.25) is 0 Å². The van der Waals surface area contributed by atoms with Crippen molar-refractivity contribution in [1.82, 2.24) is 20.2 Å².